The third kappa shape index (κ3) is 3.59. The van der Waals surface area contributed by atoms with E-state index < -0.39 is 4.32 Å². The lowest BCUT2D eigenvalue weighted by molar-refractivity contribution is -0.122. The fourth-order valence-corrected chi connectivity index (χ4v) is 1.28. The molecule has 0 atom stereocenters. The molecule has 0 aliphatic heterocycles. The molecule has 0 saturated carbocycles. The van der Waals surface area contributed by atoms with E-state index in [1.165, 1.54) is 6.07 Å². The van der Waals surface area contributed by atoms with Crippen molar-refractivity contribution in [3.63, 3.8) is 0 Å². The molecule has 0 unspecified atom stereocenters. The minimum absolute atomic E-state index is 0.117. The fourth-order valence-electron chi connectivity index (χ4n) is 1.14. The number of halogens is 2. The van der Waals surface area contributed by atoms with Crippen molar-refractivity contribution in [2.75, 3.05) is 0 Å². The SMILES string of the molecule is Cc1ccc(CNC(=O)C(C)(C)Br)cc1F. The summed E-state index contributed by atoms with van der Waals surface area (Å²) in [6.07, 6.45) is 0. The molecule has 0 fully saturated rings. The molecule has 16 heavy (non-hydrogen) atoms. The highest BCUT2D eigenvalue weighted by atomic mass is 79.9. The Morgan fingerprint density at radius 1 is 1.50 bits per heavy atom. The van der Waals surface area contributed by atoms with Gasteiger partial charge in [-0.25, -0.2) is 4.39 Å². The van der Waals surface area contributed by atoms with Crippen molar-refractivity contribution in [1.82, 2.24) is 5.32 Å². The molecule has 1 aromatic carbocycles. The number of carbonyl (C=O) groups excluding carboxylic acids is 1. The van der Waals surface area contributed by atoms with Crippen molar-refractivity contribution in [3.05, 3.63) is 35.1 Å². The van der Waals surface area contributed by atoms with E-state index in [0.717, 1.165) is 5.56 Å². The Morgan fingerprint density at radius 3 is 2.62 bits per heavy atom. The first-order chi connectivity index (χ1) is 7.30. The van der Waals surface area contributed by atoms with Crippen LogP contribution < -0.4 is 5.32 Å². The molecule has 1 N–H and O–H groups in total. The van der Waals surface area contributed by atoms with Gasteiger partial charge >= 0.3 is 0 Å². The van der Waals surface area contributed by atoms with Gasteiger partial charge in [0.15, 0.2) is 0 Å². The summed E-state index contributed by atoms with van der Waals surface area (Å²) < 4.78 is 12.6. The predicted molar refractivity (Wildman–Crippen MR) is 66.0 cm³/mol. The topological polar surface area (TPSA) is 29.1 Å². The first kappa shape index (κ1) is 13.2. The maximum Gasteiger partial charge on any atom is 0.236 e. The molecule has 1 aromatic rings. The monoisotopic (exact) mass is 287 g/mol. The third-order valence-electron chi connectivity index (χ3n) is 2.23. The smallest absolute Gasteiger partial charge is 0.236 e. The summed E-state index contributed by atoms with van der Waals surface area (Å²) in [5.74, 6) is -0.363. The lowest BCUT2D eigenvalue weighted by Gasteiger charge is -2.15. The Balaban J connectivity index is 2.62. The van der Waals surface area contributed by atoms with Crippen LogP contribution in [0.15, 0.2) is 18.2 Å². The van der Waals surface area contributed by atoms with Gasteiger partial charge < -0.3 is 5.32 Å². The Kier molecular flexibility index (Phi) is 4.08. The lowest BCUT2D eigenvalue weighted by Crippen LogP contribution is -2.37. The molecule has 4 heteroatoms. The van der Waals surface area contributed by atoms with E-state index in [9.17, 15) is 9.18 Å². The quantitative estimate of drug-likeness (QED) is 0.851. The van der Waals surface area contributed by atoms with Crippen LogP contribution >= 0.6 is 15.9 Å². The highest BCUT2D eigenvalue weighted by Crippen LogP contribution is 2.16. The number of aryl methyl sites for hydroxylation is 1. The van der Waals surface area contributed by atoms with Gasteiger partial charge in [-0.15, -0.1) is 0 Å². The minimum atomic E-state index is -0.601. The highest BCUT2D eigenvalue weighted by Gasteiger charge is 2.22. The molecular formula is C12H15BrFNO. The van der Waals surface area contributed by atoms with E-state index >= 15 is 0 Å². The van der Waals surface area contributed by atoms with E-state index in [1.54, 1.807) is 32.9 Å². The van der Waals surface area contributed by atoms with Gasteiger partial charge in [0, 0.05) is 6.54 Å². The van der Waals surface area contributed by atoms with E-state index in [1.807, 2.05) is 0 Å². The van der Waals surface area contributed by atoms with E-state index in [2.05, 4.69) is 21.2 Å². The average Bonchev–Trinajstić information content (AvgIpc) is 2.18. The number of amides is 1. The molecule has 0 bridgehead atoms. The van der Waals surface area contributed by atoms with Crippen molar-refractivity contribution >= 4 is 21.8 Å². The molecule has 0 aliphatic carbocycles. The number of alkyl halides is 1. The van der Waals surface area contributed by atoms with Gasteiger partial charge in [-0.3, -0.25) is 4.79 Å². The maximum atomic E-state index is 13.2. The molecule has 0 aromatic heterocycles. The number of rotatable bonds is 3. The zero-order chi connectivity index (χ0) is 12.3. The number of hydrogen-bond donors (Lipinski definition) is 1. The maximum absolute atomic E-state index is 13.2. The van der Waals surface area contributed by atoms with E-state index in [0.29, 0.717) is 12.1 Å². The number of benzene rings is 1. The second-order valence-electron chi connectivity index (χ2n) is 4.24. The highest BCUT2D eigenvalue weighted by molar-refractivity contribution is 9.10. The Bertz CT molecular complexity index is 398. The summed E-state index contributed by atoms with van der Waals surface area (Å²) >= 11 is 3.26. The molecule has 0 aliphatic rings. The molecule has 0 heterocycles. The summed E-state index contributed by atoms with van der Waals surface area (Å²) in [7, 11) is 0. The van der Waals surface area contributed by atoms with Crippen molar-refractivity contribution < 1.29 is 9.18 Å². The first-order valence-corrected chi connectivity index (χ1v) is 5.82. The Labute approximate surface area is 103 Å². The molecule has 1 amide bonds. The zero-order valence-electron chi connectivity index (χ0n) is 9.60. The fraction of sp³-hybridized carbons (Fsp3) is 0.417. The van der Waals surface area contributed by atoms with Crippen molar-refractivity contribution in [2.24, 2.45) is 0 Å². The Hall–Kier alpha value is -0.900. The average molecular weight is 288 g/mol. The van der Waals surface area contributed by atoms with Crippen molar-refractivity contribution in [2.45, 2.75) is 31.6 Å². The van der Waals surface area contributed by atoms with Gasteiger partial charge in [0.25, 0.3) is 0 Å². The summed E-state index contributed by atoms with van der Waals surface area (Å²) in [6, 6.07) is 4.95. The first-order valence-electron chi connectivity index (χ1n) is 5.03. The zero-order valence-corrected chi connectivity index (χ0v) is 11.2. The van der Waals surface area contributed by atoms with E-state index in [4.69, 9.17) is 0 Å². The molecule has 0 saturated heterocycles. The van der Waals surface area contributed by atoms with Crippen LogP contribution in [0.25, 0.3) is 0 Å². The molecule has 0 radical (unpaired) electrons. The van der Waals surface area contributed by atoms with Crippen LogP contribution in [0, 0.1) is 12.7 Å². The van der Waals surface area contributed by atoms with Crippen LogP contribution in [-0.4, -0.2) is 10.2 Å². The van der Waals surface area contributed by atoms with Crippen LogP contribution in [0.5, 0.6) is 0 Å². The van der Waals surface area contributed by atoms with Crippen LogP contribution in [0.3, 0.4) is 0 Å². The second-order valence-corrected chi connectivity index (χ2v) is 6.22. The summed E-state index contributed by atoms with van der Waals surface area (Å²) in [5, 5.41) is 2.73. The van der Waals surface area contributed by atoms with Gasteiger partial charge in [0.2, 0.25) is 5.91 Å². The number of nitrogens with one attached hydrogen (secondary N) is 1. The largest absolute Gasteiger partial charge is 0.351 e. The standard InChI is InChI=1S/C12H15BrFNO/c1-8-4-5-9(6-10(8)14)7-15-11(16)12(2,3)13/h4-6H,7H2,1-3H3,(H,15,16). The minimum Gasteiger partial charge on any atom is -0.351 e. The summed E-state index contributed by atoms with van der Waals surface area (Å²) in [6.45, 7) is 5.57. The molecule has 0 spiro atoms. The van der Waals surface area contributed by atoms with Crippen LogP contribution in [0.2, 0.25) is 0 Å². The molecule has 2 nitrogen and oxygen atoms in total. The van der Waals surface area contributed by atoms with Gasteiger partial charge in [-0.1, -0.05) is 28.1 Å². The normalized spacial score (nSPS) is 11.3. The Morgan fingerprint density at radius 2 is 2.12 bits per heavy atom. The number of hydrogen-bond acceptors (Lipinski definition) is 1. The summed E-state index contributed by atoms with van der Waals surface area (Å²) in [5.41, 5.74) is 1.36. The second kappa shape index (κ2) is 4.95. The summed E-state index contributed by atoms with van der Waals surface area (Å²) in [4.78, 5) is 11.5. The van der Waals surface area contributed by atoms with Crippen LogP contribution in [-0.2, 0) is 11.3 Å². The van der Waals surface area contributed by atoms with Gasteiger partial charge in [0.05, 0.1) is 4.32 Å². The van der Waals surface area contributed by atoms with Crippen molar-refractivity contribution in [3.8, 4) is 0 Å². The lowest BCUT2D eigenvalue weighted by atomic mass is 10.1. The molecular weight excluding hydrogens is 273 g/mol. The number of carbonyl (C=O) groups is 1. The van der Waals surface area contributed by atoms with Crippen molar-refractivity contribution in [1.29, 1.82) is 0 Å². The van der Waals surface area contributed by atoms with E-state index in [-0.39, 0.29) is 11.7 Å². The predicted octanol–water partition coefficient (Wildman–Crippen LogP) is 2.92. The van der Waals surface area contributed by atoms with Gasteiger partial charge in [-0.2, -0.15) is 0 Å². The molecule has 88 valence electrons. The molecule has 1 rings (SSSR count). The van der Waals surface area contributed by atoms with Gasteiger partial charge in [-0.05, 0) is 38.0 Å². The third-order valence-corrected chi connectivity index (χ3v) is 2.59. The van der Waals surface area contributed by atoms with Crippen LogP contribution in [0.1, 0.15) is 25.0 Å². The van der Waals surface area contributed by atoms with Crippen LogP contribution in [0.4, 0.5) is 4.39 Å². The van der Waals surface area contributed by atoms with Gasteiger partial charge in [0.1, 0.15) is 5.82 Å².